The fraction of sp³-hybridized carbons (Fsp3) is 0. The first kappa shape index (κ1) is 19.9. The van der Waals surface area contributed by atoms with E-state index in [1.54, 1.807) is 36.4 Å². The van der Waals surface area contributed by atoms with Crippen LogP contribution in [0.4, 0.5) is 11.4 Å². The zero-order valence-corrected chi connectivity index (χ0v) is 17.1. The van der Waals surface area contributed by atoms with Crippen molar-refractivity contribution in [2.24, 2.45) is 0 Å². The summed E-state index contributed by atoms with van der Waals surface area (Å²) in [6.45, 7) is 0. The average molecular weight is 461 g/mol. The van der Waals surface area contributed by atoms with Gasteiger partial charge in [-0.25, -0.2) is 4.98 Å². The van der Waals surface area contributed by atoms with Gasteiger partial charge in [0.05, 0.1) is 19.9 Å². The number of amides is 2. The third kappa shape index (κ3) is 4.54. The molecule has 0 aliphatic carbocycles. The Morgan fingerprint density at radius 2 is 1.52 bits per heavy atom. The molecule has 2 heterocycles. The number of pyridine rings is 1. The van der Waals surface area contributed by atoms with Gasteiger partial charge >= 0.3 is 0 Å². The second-order valence-electron chi connectivity index (χ2n) is 5.16. The number of nitrogens with one attached hydrogen (secondary N) is 2. The van der Waals surface area contributed by atoms with Crippen LogP contribution >= 0.6 is 57.7 Å². The van der Waals surface area contributed by atoms with Crippen molar-refractivity contribution in [2.75, 3.05) is 10.6 Å². The molecule has 0 saturated carbocycles. The molecule has 2 aromatic heterocycles. The minimum atomic E-state index is -0.623. The van der Waals surface area contributed by atoms with Gasteiger partial charge < -0.3 is 10.6 Å². The van der Waals surface area contributed by atoms with Crippen molar-refractivity contribution < 1.29 is 9.59 Å². The second-order valence-corrected chi connectivity index (χ2v) is 7.60. The number of hydrogen-bond acceptors (Lipinski definition) is 4. The summed E-state index contributed by atoms with van der Waals surface area (Å²) in [6.07, 6.45) is 0. The van der Waals surface area contributed by atoms with Crippen LogP contribution in [0.25, 0.3) is 0 Å². The van der Waals surface area contributed by atoms with Gasteiger partial charge in [0, 0.05) is 11.4 Å². The minimum absolute atomic E-state index is 0.0295. The molecule has 0 atom stereocenters. The molecule has 0 radical (unpaired) electrons. The normalized spacial score (nSPS) is 10.5. The van der Waals surface area contributed by atoms with Gasteiger partial charge in [-0.1, -0.05) is 58.5 Å². The number of carbonyl (C=O) groups excluding carboxylic acids is 2. The summed E-state index contributed by atoms with van der Waals surface area (Å²) in [4.78, 5) is 29.0. The fourth-order valence-corrected chi connectivity index (χ4v) is 3.54. The number of halogens is 4. The number of benzene rings is 1. The first-order chi connectivity index (χ1) is 12.9. The molecule has 0 aliphatic rings. The third-order valence-electron chi connectivity index (χ3n) is 3.32. The number of nitrogens with zero attached hydrogens (tertiary/aromatic N) is 1. The van der Waals surface area contributed by atoms with E-state index in [-0.39, 0.29) is 31.8 Å². The monoisotopic (exact) mass is 459 g/mol. The van der Waals surface area contributed by atoms with Crippen molar-refractivity contribution in [3.8, 4) is 0 Å². The summed E-state index contributed by atoms with van der Waals surface area (Å²) >= 11 is 25.0. The van der Waals surface area contributed by atoms with Gasteiger partial charge in [0.1, 0.15) is 10.8 Å². The van der Waals surface area contributed by atoms with E-state index in [2.05, 4.69) is 15.6 Å². The van der Waals surface area contributed by atoms with Crippen molar-refractivity contribution in [3.63, 3.8) is 0 Å². The van der Waals surface area contributed by atoms with Gasteiger partial charge in [0.15, 0.2) is 0 Å². The molecule has 27 heavy (non-hydrogen) atoms. The van der Waals surface area contributed by atoms with Crippen LogP contribution in [0.2, 0.25) is 20.2 Å². The lowest BCUT2D eigenvalue weighted by atomic mass is 10.2. The van der Waals surface area contributed by atoms with Crippen molar-refractivity contribution in [1.82, 2.24) is 4.98 Å². The molecule has 138 valence electrons. The first-order valence-electron chi connectivity index (χ1n) is 7.33. The zero-order valence-electron chi connectivity index (χ0n) is 13.2. The van der Waals surface area contributed by atoms with Crippen molar-refractivity contribution >= 4 is 80.9 Å². The molecule has 0 aliphatic heterocycles. The molecular weight excluding hydrogens is 452 g/mol. The van der Waals surface area contributed by atoms with Crippen LogP contribution in [0.1, 0.15) is 20.2 Å². The number of anilines is 2. The lowest BCUT2D eigenvalue weighted by Crippen LogP contribution is -2.15. The number of thiophene rings is 1. The van der Waals surface area contributed by atoms with Gasteiger partial charge in [-0.2, -0.15) is 0 Å². The molecule has 1 aromatic carbocycles. The molecule has 5 nitrogen and oxygen atoms in total. The maximum absolute atomic E-state index is 12.5. The summed E-state index contributed by atoms with van der Waals surface area (Å²) in [7, 11) is 0. The van der Waals surface area contributed by atoms with Crippen LogP contribution in [0, 0.1) is 0 Å². The summed E-state index contributed by atoms with van der Waals surface area (Å²) in [5.41, 5.74) is 0.769. The average Bonchev–Trinajstić information content (AvgIpc) is 3.18. The van der Waals surface area contributed by atoms with E-state index in [4.69, 9.17) is 46.4 Å². The van der Waals surface area contributed by atoms with Gasteiger partial charge in [-0.05, 0) is 29.6 Å². The van der Waals surface area contributed by atoms with Crippen molar-refractivity contribution in [1.29, 1.82) is 0 Å². The highest BCUT2D eigenvalue weighted by Crippen LogP contribution is 2.36. The Morgan fingerprint density at radius 3 is 2.15 bits per heavy atom. The predicted molar refractivity (Wildman–Crippen MR) is 111 cm³/mol. The largest absolute Gasteiger partial charge is 0.321 e. The topological polar surface area (TPSA) is 71.1 Å². The van der Waals surface area contributed by atoms with Crippen molar-refractivity contribution in [2.45, 2.75) is 0 Å². The van der Waals surface area contributed by atoms with Crippen LogP contribution in [0.5, 0.6) is 0 Å². The van der Waals surface area contributed by atoms with Crippen LogP contribution in [0.3, 0.4) is 0 Å². The van der Waals surface area contributed by atoms with Crippen LogP contribution in [-0.4, -0.2) is 16.8 Å². The molecule has 0 spiro atoms. The Morgan fingerprint density at radius 1 is 0.852 bits per heavy atom. The molecule has 3 rings (SSSR count). The second kappa shape index (κ2) is 8.46. The van der Waals surface area contributed by atoms with E-state index in [0.29, 0.717) is 16.3 Å². The highest BCUT2D eigenvalue weighted by molar-refractivity contribution is 7.12. The Kier molecular flexibility index (Phi) is 6.24. The zero-order chi connectivity index (χ0) is 19.6. The van der Waals surface area contributed by atoms with E-state index >= 15 is 0 Å². The molecule has 0 bridgehead atoms. The Balaban J connectivity index is 1.78. The van der Waals surface area contributed by atoms with Gasteiger partial charge in [0.2, 0.25) is 0 Å². The molecule has 3 aromatic rings. The van der Waals surface area contributed by atoms with E-state index in [9.17, 15) is 9.59 Å². The predicted octanol–water partition coefficient (Wildman–Crippen LogP) is 6.26. The van der Waals surface area contributed by atoms with Crippen molar-refractivity contribution in [3.05, 3.63) is 72.6 Å². The Hall–Kier alpha value is -1.83. The molecule has 0 unspecified atom stereocenters. The molecule has 10 heteroatoms. The number of rotatable bonds is 4. The SMILES string of the molecule is O=C(Nc1cccc(NC(=O)c2nc(Cl)c(Cl)c(Cl)c2Cl)c1)c1cccs1. The molecule has 2 amide bonds. The maximum Gasteiger partial charge on any atom is 0.275 e. The molecule has 0 saturated heterocycles. The van der Waals surface area contributed by atoms with E-state index < -0.39 is 5.91 Å². The fourth-order valence-electron chi connectivity index (χ4n) is 2.10. The lowest BCUT2D eigenvalue weighted by Gasteiger charge is -2.10. The Bertz CT molecular complexity index is 1030. The summed E-state index contributed by atoms with van der Waals surface area (Å²) in [6, 6.07) is 10.1. The summed E-state index contributed by atoms with van der Waals surface area (Å²) < 4.78 is 0. The smallest absolute Gasteiger partial charge is 0.275 e. The quantitative estimate of drug-likeness (QED) is 0.451. The first-order valence-corrected chi connectivity index (χ1v) is 9.72. The molecule has 0 fully saturated rings. The van der Waals surface area contributed by atoms with Gasteiger partial charge in [-0.3, -0.25) is 9.59 Å². The van der Waals surface area contributed by atoms with Gasteiger partial charge in [-0.15, -0.1) is 11.3 Å². The minimum Gasteiger partial charge on any atom is -0.321 e. The molecular formula is C17H9Cl4N3O2S. The van der Waals surface area contributed by atoms with E-state index in [1.165, 1.54) is 11.3 Å². The highest BCUT2D eigenvalue weighted by atomic mass is 35.5. The van der Waals surface area contributed by atoms with Gasteiger partial charge in [0.25, 0.3) is 11.8 Å². The Labute approximate surface area is 178 Å². The lowest BCUT2D eigenvalue weighted by molar-refractivity contribution is 0.101. The standard InChI is InChI=1S/C17H9Cl4N3O2S/c18-11-12(19)14(24-15(21)13(11)20)17(26)23-9-4-1-3-8(7-9)22-16(25)10-5-2-6-27-10/h1-7H,(H,22,25)(H,23,26). The number of aromatic nitrogens is 1. The van der Waals surface area contributed by atoms with Crippen LogP contribution in [0.15, 0.2) is 41.8 Å². The summed E-state index contributed by atoms with van der Waals surface area (Å²) in [5.74, 6) is -0.864. The van der Waals surface area contributed by atoms with Crippen LogP contribution in [-0.2, 0) is 0 Å². The number of hydrogen-bond donors (Lipinski definition) is 2. The molecule has 2 N–H and O–H groups in total. The maximum atomic E-state index is 12.5. The van der Waals surface area contributed by atoms with E-state index in [1.807, 2.05) is 5.38 Å². The number of carbonyl (C=O) groups is 2. The van der Waals surface area contributed by atoms with E-state index in [0.717, 1.165) is 0 Å². The third-order valence-corrected chi connectivity index (χ3v) is 5.87. The van der Waals surface area contributed by atoms with Crippen LogP contribution < -0.4 is 10.6 Å². The highest BCUT2D eigenvalue weighted by Gasteiger charge is 2.20. The summed E-state index contributed by atoms with van der Waals surface area (Å²) in [5, 5.41) is 6.87.